The van der Waals surface area contributed by atoms with E-state index in [0.717, 1.165) is 11.1 Å². The molecule has 0 N–H and O–H groups in total. The number of hydrogen-bond acceptors (Lipinski definition) is 1. The van der Waals surface area contributed by atoms with Crippen molar-refractivity contribution < 1.29 is 4.79 Å². The molecule has 0 saturated heterocycles. The van der Waals surface area contributed by atoms with Crippen LogP contribution in [-0.4, -0.2) is 17.4 Å². The monoisotopic (exact) mass is 231 g/mol. The second-order valence-electron chi connectivity index (χ2n) is 4.42. The fourth-order valence-corrected chi connectivity index (χ4v) is 1.85. The highest BCUT2D eigenvalue weighted by Gasteiger charge is 2.19. The van der Waals surface area contributed by atoms with Gasteiger partial charge in [0.15, 0.2) is 0 Å². The van der Waals surface area contributed by atoms with Gasteiger partial charge in [0.05, 0.1) is 6.04 Å². The third-order valence-corrected chi connectivity index (χ3v) is 2.81. The Morgan fingerprint density at radius 1 is 1.35 bits per heavy atom. The molecular weight excluding hydrogens is 210 g/mol. The smallest absolute Gasteiger partial charge is 0.223 e. The van der Waals surface area contributed by atoms with E-state index < -0.39 is 0 Å². The van der Waals surface area contributed by atoms with Crippen LogP contribution >= 0.6 is 0 Å². The van der Waals surface area contributed by atoms with E-state index in [2.05, 4.69) is 25.6 Å². The minimum absolute atomic E-state index is 0.0975. The molecule has 0 bridgehead atoms. The standard InChI is InChI=1S/C15H21NO/c1-5-15(17)16(11-12(2)3)13(4)14-9-7-6-8-10-14/h6-10,13H,2,5,11H2,1,3-4H3/t13-/m0/s1. The molecule has 1 rings (SSSR count). The zero-order chi connectivity index (χ0) is 12.8. The van der Waals surface area contributed by atoms with Crippen molar-refractivity contribution in [2.45, 2.75) is 33.2 Å². The maximum Gasteiger partial charge on any atom is 0.223 e. The van der Waals surface area contributed by atoms with Gasteiger partial charge in [-0.25, -0.2) is 0 Å². The SMILES string of the molecule is C=C(C)CN(C(=O)CC)[C@@H](C)c1ccccc1. The minimum atomic E-state index is 0.0975. The van der Waals surface area contributed by atoms with Crippen molar-refractivity contribution in [3.05, 3.63) is 48.0 Å². The lowest BCUT2D eigenvalue weighted by molar-refractivity contribution is -0.132. The zero-order valence-electron chi connectivity index (χ0n) is 10.9. The first kappa shape index (κ1) is 13.5. The van der Waals surface area contributed by atoms with E-state index in [1.807, 2.05) is 36.9 Å². The second-order valence-corrected chi connectivity index (χ2v) is 4.42. The van der Waals surface area contributed by atoms with Crippen LogP contribution in [0.1, 0.15) is 38.8 Å². The van der Waals surface area contributed by atoms with Gasteiger partial charge in [-0.3, -0.25) is 4.79 Å². The third-order valence-electron chi connectivity index (χ3n) is 2.81. The van der Waals surface area contributed by atoms with Crippen LogP contribution in [0.2, 0.25) is 0 Å². The summed E-state index contributed by atoms with van der Waals surface area (Å²) in [6, 6.07) is 10.2. The van der Waals surface area contributed by atoms with Gasteiger partial charge in [-0.1, -0.05) is 49.4 Å². The van der Waals surface area contributed by atoms with Crippen molar-refractivity contribution in [2.75, 3.05) is 6.54 Å². The van der Waals surface area contributed by atoms with Crippen LogP contribution in [-0.2, 0) is 4.79 Å². The maximum absolute atomic E-state index is 11.9. The van der Waals surface area contributed by atoms with Crippen molar-refractivity contribution in [1.29, 1.82) is 0 Å². The molecule has 17 heavy (non-hydrogen) atoms. The maximum atomic E-state index is 11.9. The van der Waals surface area contributed by atoms with Crippen LogP contribution in [0.5, 0.6) is 0 Å². The van der Waals surface area contributed by atoms with Gasteiger partial charge in [-0.2, -0.15) is 0 Å². The second kappa shape index (κ2) is 6.24. The van der Waals surface area contributed by atoms with Crippen LogP contribution in [0.25, 0.3) is 0 Å². The zero-order valence-corrected chi connectivity index (χ0v) is 10.9. The Labute approximate surface area is 104 Å². The first-order valence-electron chi connectivity index (χ1n) is 6.05. The lowest BCUT2D eigenvalue weighted by Crippen LogP contribution is -2.34. The summed E-state index contributed by atoms with van der Waals surface area (Å²) in [5.74, 6) is 0.171. The van der Waals surface area contributed by atoms with E-state index in [1.165, 1.54) is 0 Å². The summed E-state index contributed by atoms with van der Waals surface area (Å²) in [5, 5.41) is 0. The molecule has 2 heteroatoms. The molecular formula is C15H21NO. The van der Waals surface area contributed by atoms with Crippen LogP contribution in [0.4, 0.5) is 0 Å². The first-order chi connectivity index (χ1) is 8.06. The van der Waals surface area contributed by atoms with Gasteiger partial charge in [0, 0.05) is 13.0 Å². The highest BCUT2D eigenvalue weighted by atomic mass is 16.2. The Balaban J connectivity index is 2.90. The van der Waals surface area contributed by atoms with Gasteiger partial charge in [0.2, 0.25) is 5.91 Å². The normalized spacial score (nSPS) is 11.9. The summed E-state index contributed by atoms with van der Waals surface area (Å²) in [4.78, 5) is 13.8. The molecule has 1 aromatic carbocycles. The van der Waals surface area contributed by atoms with Crippen LogP contribution < -0.4 is 0 Å². The molecule has 0 aromatic heterocycles. The van der Waals surface area contributed by atoms with Crippen molar-refractivity contribution in [1.82, 2.24) is 4.90 Å². The van der Waals surface area contributed by atoms with Crippen LogP contribution in [0.3, 0.4) is 0 Å². The molecule has 0 saturated carbocycles. The summed E-state index contributed by atoms with van der Waals surface area (Å²) in [6.07, 6.45) is 0.532. The fraction of sp³-hybridized carbons (Fsp3) is 0.400. The van der Waals surface area contributed by atoms with Gasteiger partial charge < -0.3 is 4.90 Å². The minimum Gasteiger partial charge on any atom is -0.332 e. The molecule has 0 spiro atoms. The lowest BCUT2D eigenvalue weighted by Gasteiger charge is -2.29. The van der Waals surface area contributed by atoms with Crippen molar-refractivity contribution in [3.8, 4) is 0 Å². The molecule has 0 fully saturated rings. The molecule has 0 heterocycles. The molecule has 1 aromatic rings. The number of amides is 1. The number of hydrogen-bond donors (Lipinski definition) is 0. The Morgan fingerprint density at radius 3 is 2.41 bits per heavy atom. The molecule has 0 aliphatic heterocycles. The average molecular weight is 231 g/mol. The quantitative estimate of drug-likeness (QED) is 0.709. The number of carbonyl (C=O) groups excluding carboxylic acids is 1. The van der Waals surface area contributed by atoms with Crippen molar-refractivity contribution in [3.63, 3.8) is 0 Å². The van der Waals surface area contributed by atoms with Crippen LogP contribution in [0.15, 0.2) is 42.5 Å². The lowest BCUT2D eigenvalue weighted by atomic mass is 10.1. The fourth-order valence-electron chi connectivity index (χ4n) is 1.85. The molecule has 92 valence electrons. The van der Waals surface area contributed by atoms with E-state index in [1.54, 1.807) is 0 Å². The van der Waals surface area contributed by atoms with E-state index in [4.69, 9.17) is 0 Å². The molecule has 0 aliphatic carbocycles. The summed E-state index contributed by atoms with van der Waals surface area (Å²) >= 11 is 0. The molecule has 0 aliphatic rings. The predicted molar refractivity (Wildman–Crippen MR) is 71.7 cm³/mol. The van der Waals surface area contributed by atoms with Crippen LogP contribution in [0, 0.1) is 0 Å². The molecule has 1 amide bonds. The average Bonchev–Trinajstić information content (AvgIpc) is 2.35. The van der Waals surface area contributed by atoms with Gasteiger partial charge in [0.1, 0.15) is 0 Å². The molecule has 0 radical (unpaired) electrons. The van der Waals surface area contributed by atoms with E-state index in [9.17, 15) is 4.79 Å². The Morgan fingerprint density at radius 2 is 1.94 bits per heavy atom. The Kier molecular flexibility index (Phi) is 4.95. The van der Waals surface area contributed by atoms with Gasteiger partial charge in [-0.15, -0.1) is 0 Å². The third kappa shape index (κ3) is 3.74. The summed E-state index contributed by atoms with van der Waals surface area (Å²) in [6.45, 7) is 10.4. The van der Waals surface area contributed by atoms with E-state index >= 15 is 0 Å². The Hall–Kier alpha value is -1.57. The summed E-state index contributed by atoms with van der Waals surface area (Å²) in [7, 11) is 0. The molecule has 2 nitrogen and oxygen atoms in total. The highest BCUT2D eigenvalue weighted by Crippen LogP contribution is 2.21. The largest absolute Gasteiger partial charge is 0.332 e. The number of rotatable bonds is 5. The number of carbonyl (C=O) groups is 1. The Bertz CT molecular complexity index is 383. The summed E-state index contributed by atoms with van der Waals surface area (Å²) in [5.41, 5.74) is 2.17. The van der Waals surface area contributed by atoms with Crippen molar-refractivity contribution in [2.24, 2.45) is 0 Å². The summed E-state index contributed by atoms with van der Waals surface area (Å²) < 4.78 is 0. The first-order valence-corrected chi connectivity index (χ1v) is 6.05. The van der Waals surface area contributed by atoms with E-state index in [-0.39, 0.29) is 11.9 Å². The number of nitrogens with zero attached hydrogens (tertiary/aromatic N) is 1. The topological polar surface area (TPSA) is 20.3 Å². The molecule has 0 unspecified atom stereocenters. The highest BCUT2D eigenvalue weighted by molar-refractivity contribution is 5.76. The van der Waals surface area contributed by atoms with Gasteiger partial charge in [0.25, 0.3) is 0 Å². The molecule has 1 atom stereocenters. The predicted octanol–water partition coefficient (Wildman–Crippen LogP) is 3.56. The van der Waals surface area contributed by atoms with Crippen molar-refractivity contribution >= 4 is 5.91 Å². The van der Waals surface area contributed by atoms with Gasteiger partial charge >= 0.3 is 0 Å². The van der Waals surface area contributed by atoms with E-state index in [0.29, 0.717) is 13.0 Å². The van der Waals surface area contributed by atoms with Gasteiger partial charge in [-0.05, 0) is 19.4 Å². The number of benzene rings is 1.